The summed E-state index contributed by atoms with van der Waals surface area (Å²) >= 11 is 0. The quantitative estimate of drug-likeness (QED) is 0.561. The van der Waals surface area contributed by atoms with Gasteiger partial charge in [0, 0.05) is 6.42 Å². The Bertz CT molecular complexity index is 636. The topological polar surface area (TPSA) is 37.3 Å². The van der Waals surface area contributed by atoms with Crippen molar-refractivity contribution in [2.75, 3.05) is 0 Å². The zero-order valence-electron chi connectivity index (χ0n) is 18.7. The molecule has 2 heteroatoms. The van der Waals surface area contributed by atoms with E-state index in [0.29, 0.717) is 16.6 Å². The Balaban J connectivity index is 1.50. The van der Waals surface area contributed by atoms with Crippen LogP contribution in [0.3, 0.4) is 0 Å². The van der Waals surface area contributed by atoms with Gasteiger partial charge in [-0.15, -0.1) is 0 Å². The summed E-state index contributed by atoms with van der Waals surface area (Å²) in [5.41, 5.74) is 2.45. The van der Waals surface area contributed by atoms with Gasteiger partial charge < -0.3 is 9.90 Å². The highest BCUT2D eigenvalue weighted by Gasteiger charge is 2.59. The molecule has 1 N–H and O–H groups in total. The van der Waals surface area contributed by atoms with E-state index in [9.17, 15) is 9.90 Å². The van der Waals surface area contributed by atoms with Crippen LogP contribution in [0, 0.1) is 40.4 Å². The minimum atomic E-state index is -0.101. The number of carbonyl (C=O) groups excluding carboxylic acids is 1. The second-order valence-corrected chi connectivity index (χ2v) is 11.5. The van der Waals surface area contributed by atoms with Crippen LogP contribution < -0.4 is 0 Å². The standard InChI is InChI=1S/C26H42O2/c1-17(6-5-7-18(2)27)22-10-11-23-21-9-8-19-16-20(28)12-14-25(19,3)24(21)13-15-26(22,23)4/h8,17,20-24,28H,5-7,9-16H2,1-4H3/t17-,20+,21-,22+,23-,24-,25+,26-/m1/s1. The molecule has 0 bridgehead atoms. The molecule has 0 radical (unpaired) electrons. The van der Waals surface area contributed by atoms with Crippen molar-refractivity contribution >= 4 is 5.78 Å². The third-order valence-corrected chi connectivity index (χ3v) is 10.0. The summed E-state index contributed by atoms with van der Waals surface area (Å²) < 4.78 is 0. The van der Waals surface area contributed by atoms with Gasteiger partial charge in [0.25, 0.3) is 0 Å². The minimum absolute atomic E-state index is 0.101. The van der Waals surface area contributed by atoms with Crippen molar-refractivity contribution in [3.63, 3.8) is 0 Å². The first-order chi connectivity index (χ1) is 13.3. The van der Waals surface area contributed by atoms with E-state index in [0.717, 1.165) is 55.3 Å². The van der Waals surface area contributed by atoms with Crippen molar-refractivity contribution in [2.24, 2.45) is 40.4 Å². The van der Waals surface area contributed by atoms with Crippen LogP contribution in [0.2, 0.25) is 0 Å². The molecule has 0 aromatic rings. The molecule has 3 saturated carbocycles. The van der Waals surface area contributed by atoms with Gasteiger partial charge in [-0.3, -0.25) is 0 Å². The highest BCUT2D eigenvalue weighted by Crippen LogP contribution is 2.67. The highest BCUT2D eigenvalue weighted by molar-refractivity contribution is 5.75. The number of hydrogen-bond acceptors (Lipinski definition) is 2. The molecule has 28 heavy (non-hydrogen) atoms. The zero-order chi connectivity index (χ0) is 20.1. The maximum absolute atomic E-state index is 11.3. The Labute approximate surface area is 172 Å². The van der Waals surface area contributed by atoms with E-state index in [-0.39, 0.29) is 6.10 Å². The first kappa shape index (κ1) is 20.6. The van der Waals surface area contributed by atoms with Crippen LogP contribution >= 0.6 is 0 Å². The number of carbonyl (C=O) groups is 1. The number of fused-ring (bicyclic) bond motifs is 5. The second kappa shape index (κ2) is 7.56. The number of allylic oxidation sites excluding steroid dienone is 1. The zero-order valence-corrected chi connectivity index (χ0v) is 18.7. The summed E-state index contributed by atoms with van der Waals surface area (Å²) in [6.07, 6.45) is 15.5. The lowest BCUT2D eigenvalue weighted by Gasteiger charge is -2.58. The third kappa shape index (κ3) is 3.32. The molecule has 0 saturated heterocycles. The Morgan fingerprint density at radius 2 is 1.96 bits per heavy atom. The summed E-state index contributed by atoms with van der Waals surface area (Å²) in [7, 11) is 0. The molecule has 0 aliphatic heterocycles. The molecule has 3 fully saturated rings. The number of Topliss-reactive ketones (excluding diaryl/α,β-unsaturated/α-hetero) is 1. The van der Waals surface area contributed by atoms with Gasteiger partial charge in [-0.25, -0.2) is 0 Å². The predicted octanol–water partition coefficient (Wildman–Crippen LogP) is 6.32. The predicted molar refractivity (Wildman–Crippen MR) is 115 cm³/mol. The van der Waals surface area contributed by atoms with Crippen LogP contribution in [0.25, 0.3) is 0 Å². The van der Waals surface area contributed by atoms with Gasteiger partial charge in [0.05, 0.1) is 6.10 Å². The molecular formula is C26H42O2. The van der Waals surface area contributed by atoms with Crippen molar-refractivity contribution in [1.82, 2.24) is 0 Å². The van der Waals surface area contributed by atoms with E-state index < -0.39 is 0 Å². The van der Waals surface area contributed by atoms with Crippen LogP contribution in [0.4, 0.5) is 0 Å². The molecule has 4 aliphatic carbocycles. The maximum Gasteiger partial charge on any atom is 0.129 e. The number of ketones is 1. The van der Waals surface area contributed by atoms with Gasteiger partial charge in [-0.1, -0.05) is 38.8 Å². The smallest absolute Gasteiger partial charge is 0.129 e. The van der Waals surface area contributed by atoms with Gasteiger partial charge in [-0.2, -0.15) is 0 Å². The Hall–Kier alpha value is -0.630. The lowest BCUT2D eigenvalue weighted by molar-refractivity contribution is -0.117. The van der Waals surface area contributed by atoms with Crippen molar-refractivity contribution < 1.29 is 9.90 Å². The fourth-order valence-corrected chi connectivity index (χ4v) is 8.49. The molecule has 0 aromatic carbocycles. The van der Waals surface area contributed by atoms with Crippen LogP contribution in [0.5, 0.6) is 0 Å². The van der Waals surface area contributed by atoms with Crippen molar-refractivity contribution in [3.8, 4) is 0 Å². The normalized spacial score (nSPS) is 46.2. The summed E-state index contributed by atoms with van der Waals surface area (Å²) in [5.74, 6) is 4.52. The summed E-state index contributed by atoms with van der Waals surface area (Å²) in [5, 5.41) is 10.2. The van der Waals surface area contributed by atoms with Gasteiger partial charge in [0.1, 0.15) is 5.78 Å². The highest BCUT2D eigenvalue weighted by atomic mass is 16.3. The van der Waals surface area contributed by atoms with Gasteiger partial charge in [0.15, 0.2) is 0 Å². The SMILES string of the molecule is CC(=O)CCC[C@@H](C)[C@@H]1CC[C@@H]2[C@H]3CC=C4C[C@@H](O)CC[C@]4(C)[C@@H]3CC[C@@]21C. The molecular weight excluding hydrogens is 344 g/mol. The number of rotatable bonds is 5. The van der Waals surface area contributed by atoms with Crippen LogP contribution in [0.1, 0.15) is 98.3 Å². The fraction of sp³-hybridized carbons (Fsp3) is 0.885. The van der Waals surface area contributed by atoms with E-state index in [1.165, 1.54) is 44.9 Å². The molecule has 2 nitrogen and oxygen atoms in total. The molecule has 4 aliphatic rings. The number of aliphatic hydroxyl groups is 1. The molecule has 0 aromatic heterocycles. The summed E-state index contributed by atoms with van der Waals surface area (Å²) in [4.78, 5) is 11.3. The van der Waals surface area contributed by atoms with E-state index in [4.69, 9.17) is 0 Å². The fourth-order valence-electron chi connectivity index (χ4n) is 8.49. The van der Waals surface area contributed by atoms with E-state index in [1.807, 2.05) is 0 Å². The van der Waals surface area contributed by atoms with Gasteiger partial charge in [-0.05, 0) is 105 Å². The Kier molecular flexibility index (Phi) is 5.57. The largest absolute Gasteiger partial charge is 0.393 e. The monoisotopic (exact) mass is 386 g/mol. The lowest BCUT2D eigenvalue weighted by Crippen LogP contribution is -2.50. The van der Waals surface area contributed by atoms with Crippen LogP contribution in [-0.2, 0) is 4.79 Å². The summed E-state index contributed by atoms with van der Waals surface area (Å²) in [6, 6.07) is 0. The Morgan fingerprint density at radius 1 is 1.18 bits per heavy atom. The lowest BCUT2D eigenvalue weighted by atomic mass is 9.47. The molecule has 8 atom stereocenters. The van der Waals surface area contributed by atoms with Crippen molar-refractivity contribution in [3.05, 3.63) is 11.6 Å². The molecule has 0 spiro atoms. The summed E-state index contributed by atoms with van der Waals surface area (Å²) in [6.45, 7) is 9.35. The minimum Gasteiger partial charge on any atom is -0.393 e. The molecule has 158 valence electrons. The second-order valence-electron chi connectivity index (χ2n) is 11.5. The third-order valence-electron chi connectivity index (χ3n) is 10.0. The van der Waals surface area contributed by atoms with Crippen molar-refractivity contribution in [2.45, 2.75) is 104 Å². The van der Waals surface area contributed by atoms with Crippen LogP contribution in [0.15, 0.2) is 11.6 Å². The van der Waals surface area contributed by atoms with E-state index in [1.54, 1.807) is 12.5 Å². The molecule has 4 rings (SSSR count). The maximum atomic E-state index is 11.3. The first-order valence-corrected chi connectivity index (χ1v) is 12.1. The molecule has 0 unspecified atom stereocenters. The average molecular weight is 387 g/mol. The van der Waals surface area contributed by atoms with E-state index >= 15 is 0 Å². The van der Waals surface area contributed by atoms with Crippen LogP contribution in [-0.4, -0.2) is 17.0 Å². The molecule has 0 heterocycles. The number of aliphatic hydroxyl groups excluding tert-OH is 1. The first-order valence-electron chi connectivity index (χ1n) is 12.1. The van der Waals surface area contributed by atoms with Crippen molar-refractivity contribution in [1.29, 1.82) is 0 Å². The average Bonchev–Trinajstić information content (AvgIpc) is 2.99. The van der Waals surface area contributed by atoms with Gasteiger partial charge in [0.2, 0.25) is 0 Å². The van der Waals surface area contributed by atoms with E-state index in [2.05, 4.69) is 26.8 Å². The molecule has 0 amide bonds. The number of hydrogen-bond donors (Lipinski definition) is 1. The van der Waals surface area contributed by atoms with Gasteiger partial charge >= 0.3 is 0 Å². The Morgan fingerprint density at radius 3 is 2.71 bits per heavy atom.